The molecule has 0 saturated carbocycles. The molecule has 0 aliphatic carbocycles. The number of carbonyl (C=O) groups is 1. The van der Waals surface area contributed by atoms with E-state index in [4.69, 9.17) is 4.74 Å². The zero-order valence-electron chi connectivity index (χ0n) is 10.6. The van der Waals surface area contributed by atoms with Crippen molar-refractivity contribution in [1.82, 2.24) is 9.97 Å². The summed E-state index contributed by atoms with van der Waals surface area (Å²) in [5, 5.41) is 2.73. The molecule has 6 heteroatoms. The van der Waals surface area contributed by atoms with Gasteiger partial charge in [0.15, 0.2) is 0 Å². The van der Waals surface area contributed by atoms with Gasteiger partial charge in [0.05, 0.1) is 12.5 Å². The Morgan fingerprint density at radius 2 is 2.24 bits per heavy atom. The van der Waals surface area contributed by atoms with Gasteiger partial charge in [-0.2, -0.15) is 0 Å². The standard InChI is InChI=1S/C11H18N4O2/c1-8(6-17-4)11(16)14-9-5-10(15(2)3)13-7-12-9/h5,7-8H,6H2,1-4H3,(H,12,13,14,16). The highest BCUT2D eigenvalue weighted by atomic mass is 16.5. The first kappa shape index (κ1) is 13.4. The van der Waals surface area contributed by atoms with Crippen LogP contribution in [0.5, 0.6) is 0 Å². The number of hydrogen-bond acceptors (Lipinski definition) is 5. The van der Waals surface area contributed by atoms with E-state index < -0.39 is 0 Å². The molecule has 1 unspecified atom stereocenters. The van der Waals surface area contributed by atoms with E-state index in [-0.39, 0.29) is 11.8 Å². The van der Waals surface area contributed by atoms with Crippen molar-refractivity contribution < 1.29 is 9.53 Å². The normalized spacial score (nSPS) is 12.0. The molecule has 0 aliphatic rings. The molecule has 17 heavy (non-hydrogen) atoms. The number of nitrogens with zero attached hydrogens (tertiary/aromatic N) is 3. The van der Waals surface area contributed by atoms with Crippen molar-refractivity contribution in [2.24, 2.45) is 5.92 Å². The predicted octanol–water partition coefficient (Wildman–Crippen LogP) is 0.764. The van der Waals surface area contributed by atoms with Gasteiger partial charge in [0.25, 0.3) is 0 Å². The fourth-order valence-electron chi connectivity index (χ4n) is 1.24. The van der Waals surface area contributed by atoms with Gasteiger partial charge in [0.2, 0.25) is 5.91 Å². The second-order valence-electron chi connectivity index (χ2n) is 4.00. The number of ether oxygens (including phenoxy) is 1. The highest BCUT2D eigenvalue weighted by Gasteiger charge is 2.13. The average molecular weight is 238 g/mol. The Labute approximate surface area is 101 Å². The summed E-state index contributed by atoms with van der Waals surface area (Å²) < 4.78 is 4.92. The monoisotopic (exact) mass is 238 g/mol. The molecule has 0 radical (unpaired) electrons. The quantitative estimate of drug-likeness (QED) is 0.820. The van der Waals surface area contributed by atoms with Gasteiger partial charge in [-0.3, -0.25) is 4.79 Å². The Hall–Kier alpha value is -1.69. The highest BCUT2D eigenvalue weighted by Crippen LogP contribution is 2.12. The van der Waals surface area contributed by atoms with E-state index in [0.29, 0.717) is 12.4 Å². The minimum atomic E-state index is -0.210. The van der Waals surface area contributed by atoms with E-state index in [2.05, 4.69) is 15.3 Å². The van der Waals surface area contributed by atoms with Crippen molar-refractivity contribution in [3.05, 3.63) is 12.4 Å². The maximum absolute atomic E-state index is 11.7. The van der Waals surface area contributed by atoms with Crippen LogP contribution in [0.25, 0.3) is 0 Å². The van der Waals surface area contributed by atoms with Crippen molar-refractivity contribution in [2.45, 2.75) is 6.92 Å². The van der Waals surface area contributed by atoms with Crippen LogP contribution >= 0.6 is 0 Å². The number of amides is 1. The number of carbonyl (C=O) groups excluding carboxylic acids is 1. The van der Waals surface area contributed by atoms with Crippen LogP contribution in [-0.4, -0.2) is 43.7 Å². The van der Waals surface area contributed by atoms with Crippen LogP contribution in [0.4, 0.5) is 11.6 Å². The highest BCUT2D eigenvalue weighted by molar-refractivity contribution is 5.91. The van der Waals surface area contributed by atoms with Gasteiger partial charge in [-0.15, -0.1) is 0 Å². The summed E-state index contributed by atoms with van der Waals surface area (Å²) in [6.45, 7) is 2.18. The summed E-state index contributed by atoms with van der Waals surface area (Å²) >= 11 is 0. The molecule has 1 aromatic heterocycles. The van der Waals surface area contributed by atoms with Crippen LogP contribution in [0, 0.1) is 5.92 Å². The second kappa shape index (κ2) is 6.15. The van der Waals surface area contributed by atoms with Crippen LogP contribution in [-0.2, 0) is 9.53 Å². The lowest BCUT2D eigenvalue weighted by Gasteiger charge is -2.13. The molecule has 0 aliphatic heterocycles. The number of anilines is 2. The van der Waals surface area contributed by atoms with Gasteiger partial charge in [-0.25, -0.2) is 9.97 Å². The largest absolute Gasteiger partial charge is 0.384 e. The number of rotatable bonds is 5. The molecule has 1 heterocycles. The van der Waals surface area contributed by atoms with Gasteiger partial charge < -0.3 is 15.0 Å². The Morgan fingerprint density at radius 3 is 2.82 bits per heavy atom. The van der Waals surface area contributed by atoms with Gasteiger partial charge in [0.1, 0.15) is 18.0 Å². The first-order chi connectivity index (χ1) is 8.04. The molecule has 1 aromatic rings. The number of methoxy groups -OCH3 is 1. The Bertz CT molecular complexity index is 381. The third-order valence-electron chi connectivity index (χ3n) is 2.23. The molecule has 1 rings (SSSR count). The molecule has 0 spiro atoms. The Morgan fingerprint density at radius 1 is 1.53 bits per heavy atom. The Kier molecular flexibility index (Phi) is 4.84. The molecule has 0 saturated heterocycles. The topological polar surface area (TPSA) is 67.3 Å². The van der Waals surface area contributed by atoms with Crippen molar-refractivity contribution in [2.75, 3.05) is 38.0 Å². The van der Waals surface area contributed by atoms with Crippen LogP contribution in [0.1, 0.15) is 6.92 Å². The zero-order chi connectivity index (χ0) is 12.8. The predicted molar refractivity (Wildman–Crippen MR) is 66.0 cm³/mol. The lowest BCUT2D eigenvalue weighted by atomic mass is 10.2. The van der Waals surface area contributed by atoms with Crippen molar-refractivity contribution >= 4 is 17.5 Å². The number of hydrogen-bond donors (Lipinski definition) is 1. The molecule has 94 valence electrons. The van der Waals surface area contributed by atoms with E-state index >= 15 is 0 Å². The fourth-order valence-corrected chi connectivity index (χ4v) is 1.24. The van der Waals surface area contributed by atoms with Crippen molar-refractivity contribution in [3.8, 4) is 0 Å². The van der Waals surface area contributed by atoms with E-state index in [1.165, 1.54) is 6.33 Å². The summed E-state index contributed by atoms with van der Waals surface area (Å²) in [5.41, 5.74) is 0. The van der Waals surface area contributed by atoms with Crippen LogP contribution < -0.4 is 10.2 Å². The molecular weight excluding hydrogens is 220 g/mol. The molecule has 0 bridgehead atoms. The minimum absolute atomic E-state index is 0.116. The Balaban J connectivity index is 2.68. The smallest absolute Gasteiger partial charge is 0.230 e. The van der Waals surface area contributed by atoms with Crippen molar-refractivity contribution in [1.29, 1.82) is 0 Å². The average Bonchev–Trinajstić information content (AvgIpc) is 2.29. The van der Waals surface area contributed by atoms with Gasteiger partial charge >= 0.3 is 0 Å². The third kappa shape index (κ3) is 3.99. The first-order valence-electron chi connectivity index (χ1n) is 5.33. The van der Waals surface area contributed by atoms with Gasteiger partial charge in [-0.05, 0) is 0 Å². The summed E-state index contributed by atoms with van der Waals surface area (Å²) in [6.07, 6.45) is 1.42. The van der Waals surface area contributed by atoms with Gasteiger partial charge in [0, 0.05) is 27.3 Å². The number of aromatic nitrogens is 2. The second-order valence-corrected chi connectivity index (χ2v) is 4.00. The van der Waals surface area contributed by atoms with Gasteiger partial charge in [-0.1, -0.05) is 6.92 Å². The number of nitrogens with one attached hydrogen (secondary N) is 1. The summed E-state index contributed by atoms with van der Waals surface area (Å²) in [5.74, 6) is 0.916. The summed E-state index contributed by atoms with van der Waals surface area (Å²) in [7, 11) is 5.32. The van der Waals surface area contributed by atoms with E-state index in [1.54, 1.807) is 20.1 Å². The molecule has 1 amide bonds. The van der Waals surface area contributed by atoms with E-state index in [0.717, 1.165) is 5.82 Å². The lowest BCUT2D eigenvalue weighted by molar-refractivity contribution is -0.120. The SMILES string of the molecule is COCC(C)C(=O)Nc1cc(N(C)C)ncn1. The third-order valence-corrected chi connectivity index (χ3v) is 2.23. The maximum atomic E-state index is 11.7. The summed E-state index contributed by atoms with van der Waals surface area (Å²) in [4.78, 5) is 21.6. The van der Waals surface area contributed by atoms with Crippen LogP contribution in [0.15, 0.2) is 12.4 Å². The van der Waals surface area contributed by atoms with Crippen LogP contribution in [0.2, 0.25) is 0 Å². The van der Waals surface area contributed by atoms with Crippen LogP contribution in [0.3, 0.4) is 0 Å². The zero-order valence-corrected chi connectivity index (χ0v) is 10.6. The molecule has 0 fully saturated rings. The molecule has 1 N–H and O–H groups in total. The maximum Gasteiger partial charge on any atom is 0.230 e. The molecule has 6 nitrogen and oxygen atoms in total. The summed E-state index contributed by atoms with van der Waals surface area (Å²) in [6, 6.07) is 1.72. The molecule has 1 atom stereocenters. The lowest BCUT2D eigenvalue weighted by Crippen LogP contribution is -2.24. The van der Waals surface area contributed by atoms with E-state index in [9.17, 15) is 4.79 Å². The first-order valence-corrected chi connectivity index (χ1v) is 5.33. The minimum Gasteiger partial charge on any atom is -0.384 e. The molecular formula is C11H18N4O2. The molecule has 0 aromatic carbocycles. The fraction of sp³-hybridized carbons (Fsp3) is 0.545. The van der Waals surface area contributed by atoms with Crippen molar-refractivity contribution in [3.63, 3.8) is 0 Å². The van der Waals surface area contributed by atoms with E-state index in [1.807, 2.05) is 19.0 Å².